The van der Waals surface area contributed by atoms with E-state index in [9.17, 15) is 19.8 Å². The third-order valence-corrected chi connectivity index (χ3v) is 9.82. The number of carbonyl (C=O) groups is 2. The molecule has 2 aromatic heterocycles. The molecule has 0 amide bonds. The Morgan fingerprint density at radius 3 is 1.35 bits per heavy atom. The summed E-state index contributed by atoms with van der Waals surface area (Å²) < 4.78 is 8.20. The van der Waals surface area contributed by atoms with Crippen molar-refractivity contribution in [1.29, 1.82) is 0 Å². The Morgan fingerprint density at radius 2 is 1.00 bits per heavy atom. The lowest BCUT2D eigenvalue weighted by atomic mass is 9.85. The highest BCUT2D eigenvalue weighted by molar-refractivity contribution is 5.84. The summed E-state index contributed by atoms with van der Waals surface area (Å²) in [6.45, 7) is 17.6. The first-order chi connectivity index (χ1) is 24.6. The molecule has 0 aliphatic carbocycles. The quantitative estimate of drug-likeness (QED) is 0.119. The molecule has 0 aliphatic heterocycles. The van der Waals surface area contributed by atoms with E-state index < -0.39 is 0 Å². The van der Waals surface area contributed by atoms with E-state index in [1.54, 1.807) is 12.1 Å². The van der Waals surface area contributed by atoms with E-state index in [0.29, 0.717) is 47.9 Å². The number of aromatic hydroxyl groups is 2. The molecular weight excluding hydrogens is 649 g/mol. The van der Waals surface area contributed by atoms with E-state index in [2.05, 4.69) is 101 Å². The number of aldehydes is 2. The lowest BCUT2D eigenvalue weighted by molar-refractivity contribution is -0.687. The first kappa shape index (κ1) is 36.0. The highest BCUT2D eigenvalue weighted by Crippen LogP contribution is 2.37. The minimum atomic E-state index is -0.184. The average molecular weight is 697 g/mol. The van der Waals surface area contributed by atoms with Gasteiger partial charge in [0.2, 0.25) is 12.7 Å². The normalized spacial score (nSPS) is 11.9. The fourth-order valence-electron chi connectivity index (χ4n) is 6.76. The maximum absolute atomic E-state index is 11.8. The Hall–Kier alpha value is -5.76. The Balaban J connectivity index is 1.38. The molecule has 0 spiro atoms. The van der Waals surface area contributed by atoms with Crippen molar-refractivity contribution in [3.63, 3.8) is 0 Å². The molecule has 0 saturated heterocycles. The Labute approximate surface area is 305 Å². The number of benzene rings is 4. The van der Waals surface area contributed by atoms with Crippen LogP contribution in [0.3, 0.4) is 0 Å². The van der Waals surface area contributed by atoms with E-state index in [-0.39, 0.29) is 22.3 Å². The average Bonchev–Trinajstić information content (AvgIpc) is 3.75. The Kier molecular flexibility index (Phi) is 9.53. The highest BCUT2D eigenvalue weighted by atomic mass is 16.3. The zero-order valence-corrected chi connectivity index (χ0v) is 31.3. The molecule has 6 aromatic rings. The van der Waals surface area contributed by atoms with Crippen LogP contribution in [-0.2, 0) is 23.9 Å². The fourth-order valence-corrected chi connectivity index (χ4v) is 6.76. The topological polar surface area (TPSA) is 92.2 Å². The van der Waals surface area contributed by atoms with Crippen molar-refractivity contribution in [2.24, 2.45) is 0 Å². The molecule has 8 heteroatoms. The maximum Gasteiger partial charge on any atom is 0.249 e. The largest absolute Gasteiger partial charge is 0.507 e. The van der Waals surface area contributed by atoms with Crippen molar-refractivity contribution in [2.75, 3.05) is 0 Å². The van der Waals surface area contributed by atoms with Crippen LogP contribution in [0.2, 0.25) is 0 Å². The van der Waals surface area contributed by atoms with Crippen molar-refractivity contribution < 1.29 is 28.9 Å². The maximum atomic E-state index is 11.8. The number of aromatic nitrogens is 4. The highest BCUT2D eigenvalue weighted by Gasteiger charge is 2.25. The summed E-state index contributed by atoms with van der Waals surface area (Å²) in [7, 11) is 0. The summed E-state index contributed by atoms with van der Waals surface area (Å²) in [6, 6.07) is 20.1. The minimum Gasteiger partial charge on any atom is -0.507 e. The molecule has 52 heavy (non-hydrogen) atoms. The molecule has 0 aliphatic rings. The molecule has 2 heterocycles. The summed E-state index contributed by atoms with van der Waals surface area (Å²) in [4.78, 5) is 23.7. The van der Waals surface area contributed by atoms with Crippen molar-refractivity contribution >= 4 is 12.6 Å². The van der Waals surface area contributed by atoms with Crippen LogP contribution in [0.15, 0.2) is 98.1 Å². The molecule has 0 radical (unpaired) electrons. The molecule has 266 valence electrons. The number of hydrogen-bond donors (Lipinski definition) is 2. The SMILES string of the molecule is Cc1cccc(-n2cc[n+](Cc3cc(C(C)(C)C)cc(C=O)c3O)c2)c1-c1c(C)cccc1-n1cc[n+](Cc2cc(C(C)(C)C)cc(C=O)c2O)c1. The van der Waals surface area contributed by atoms with Gasteiger partial charge in [-0.3, -0.25) is 9.59 Å². The third kappa shape index (κ3) is 7.06. The van der Waals surface area contributed by atoms with Crippen LogP contribution >= 0.6 is 0 Å². The summed E-state index contributed by atoms with van der Waals surface area (Å²) in [6.07, 6.45) is 13.4. The summed E-state index contributed by atoms with van der Waals surface area (Å²) >= 11 is 0. The Morgan fingerprint density at radius 1 is 0.615 bits per heavy atom. The second-order valence-electron chi connectivity index (χ2n) is 15.8. The second-order valence-corrected chi connectivity index (χ2v) is 15.8. The number of phenols is 2. The van der Waals surface area contributed by atoms with Crippen molar-refractivity contribution in [2.45, 2.75) is 79.3 Å². The summed E-state index contributed by atoms with van der Waals surface area (Å²) in [5, 5.41) is 21.9. The fraction of sp³-hybridized carbons (Fsp3) is 0.273. The molecule has 0 atom stereocenters. The smallest absolute Gasteiger partial charge is 0.249 e. The van der Waals surface area contributed by atoms with Gasteiger partial charge in [-0.05, 0) is 83.3 Å². The van der Waals surface area contributed by atoms with Gasteiger partial charge >= 0.3 is 0 Å². The summed E-state index contributed by atoms with van der Waals surface area (Å²) in [5.74, 6) is 0.0172. The van der Waals surface area contributed by atoms with Crippen LogP contribution < -0.4 is 9.13 Å². The molecule has 0 fully saturated rings. The number of carbonyl (C=O) groups excluding carboxylic acids is 2. The van der Waals surface area contributed by atoms with Gasteiger partial charge < -0.3 is 10.2 Å². The van der Waals surface area contributed by atoms with Crippen molar-refractivity contribution in [1.82, 2.24) is 9.13 Å². The van der Waals surface area contributed by atoms with Gasteiger partial charge in [0.05, 0.1) is 11.1 Å². The number of nitrogens with zero attached hydrogens (tertiary/aromatic N) is 4. The molecule has 0 unspecified atom stereocenters. The zero-order valence-electron chi connectivity index (χ0n) is 31.3. The van der Waals surface area contributed by atoms with Crippen LogP contribution in [0.5, 0.6) is 11.5 Å². The Bertz CT molecular complexity index is 2150. The monoisotopic (exact) mass is 696 g/mol. The van der Waals surface area contributed by atoms with Gasteiger partial charge in [0.15, 0.2) is 12.6 Å². The zero-order chi connectivity index (χ0) is 37.5. The lowest BCUT2D eigenvalue weighted by Crippen LogP contribution is -2.32. The molecule has 0 saturated carbocycles. The van der Waals surface area contributed by atoms with Crippen molar-refractivity contribution in [3.05, 3.63) is 143 Å². The molecular formula is C44H48N4O4+2. The van der Waals surface area contributed by atoms with Crippen molar-refractivity contribution in [3.8, 4) is 34.0 Å². The van der Waals surface area contributed by atoms with Gasteiger partial charge in [0, 0.05) is 22.3 Å². The molecule has 0 bridgehead atoms. The van der Waals surface area contributed by atoms with Crippen LogP contribution in [0.4, 0.5) is 0 Å². The van der Waals surface area contributed by atoms with Crippen LogP contribution in [0.25, 0.3) is 22.5 Å². The minimum absolute atomic E-state index is 0.00862. The van der Waals surface area contributed by atoms with Gasteiger partial charge in [-0.25, -0.2) is 18.3 Å². The molecule has 8 nitrogen and oxygen atoms in total. The summed E-state index contributed by atoms with van der Waals surface area (Å²) in [5.41, 5.74) is 9.98. The molecule has 2 N–H and O–H groups in total. The predicted octanol–water partition coefficient (Wildman–Crippen LogP) is 7.85. The van der Waals surface area contributed by atoms with Gasteiger partial charge in [-0.2, -0.15) is 0 Å². The predicted molar refractivity (Wildman–Crippen MR) is 203 cm³/mol. The number of rotatable bonds is 9. The number of aryl methyl sites for hydroxylation is 2. The van der Waals surface area contributed by atoms with Crippen LogP contribution in [-0.4, -0.2) is 31.9 Å². The van der Waals surface area contributed by atoms with Gasteiger partial charge in [-0.1, -0.05) is 65.8 Å². The second kappa shape index (κ2) is 13.8. The van der Waals surface area contributed by atoms with E-state index in [1.807, 2.05) is 58.7 Å². The first-order valence-electron chi connectivity index (χ1n) is 17.6. The number of hydrogen-bond acceptors (Lipinski definition) is 4. The van der Waals surface area contributed by atoms with Gasteiger partial charge in [0.25, 0.3) is 0 Å². The van der Waals surface area contributed by atoms with Gasteiger partial charge in [-0.15, -0.1) is 0 Å². The van der Waals surface area contributed by atoms with E-state index in [0.717, 1.165) is 44.8 Å². The van der Waals surface area contributed by atoms with E-state index in [4.69, 9.17) is 0 Å². The molecule has 6 rings (SSSR count). The van der Waals surface area contributed by atoms with E-state index in [1.165, 1.54) is 0 Å². The number of imidazole rings is 2. The first-order valence-corrected chi connectivity index (χ1v) is 17.6. The van der Waals surface area contributed by atoms with Crippen LogP contribution in [0.1, 0.15) is 95.6 Å². The standard InChI is InChI=1S/C44H46N4O4/c1-29-11-9-13-37(47-17-15-45(27-47)23-31-19-35(43(3,4)5)21-33(25-49)41(31)51)39(29)40-30(2)12-10-14-38(40)48-18-16-46(28-48)24-32-20-36(44(6,7)8)22-34(26-50)42(32)52/h9-22,25-28H,23-24H2,1-8H3/p+2. The van der Waals surface area contributed by atoms with E-state index >= 15 is 0 Å². The molecule has 4 aromatic carbocycles. The third-order valence-electron chi connectivity index (χ3n) is 9.82. The lowest BCUT2D eigenvalue weighted by Gasteiger charge is -2.21. The number of phenolic OH excluding ortho intramolecular Hbond substituents is 2. The van der Waals surface area contributed by atoms with Crippen LogP contribution in [0, 0.1) is 13.8 Å². The van der Waals surface area contributed by atoms with Gasteiger partial charge in [0.1, 0.15) is 60.8 Å².